The van der Waals surface area contributed by atoms with Crippen molar-refractivity contribution in [3.8, 4) is 5.75 Å². The molecule has 2 aromatic carbocycles. The minimum absolute atomic E-state index is 0. The maximum Gasteiger partial charge on any atom is 0.193 e. The third kappa shape index (κ3) is 6.80. The lowest BCUT2D eigenvalue weighted by Gasteiger charge is -2.06. The van der Waals surface area contributed by atoms with Gasteiger partial charge in [-0.05, 0) is 31.2 Å². The maximum absolute atomic E-state index is 5.81. The Morgan fingerprint density at radius 2 is 1.77 bits per heavy atom. The van der Waals surface area contributed by atoms with Gasteiger partial charge in [0.15, 0.2) is 5.96 Å². The molecule has 4 nitrogen and oxygen atoms in total. The molecule has 0 bridgehead atoms. The number of aryl methyl sites for hydroxylation is 1. The second-order valence-corrected chi connectivity index (χ2v) is 4.77. The van der Waals surface area contributed by atoms with E-state index >= 15 is 0 Å². The number of guanidine groups is 1. The van der Waals surface area contributed by atoms with E-state index in [2.05, 4.69) is 17.2 Å². The van der Waals surface area contributed by atoms with E-state index < -0.39 is 0 Å². The van der Waals surface area contributed by atoms with Crippen LogP contribution in [-0.2, 0) is 0 Å². The molecular weight excluding hydrogens is 389 g/mol. The SMILES string of the molecule is Cc1ccc(OCCCN=C(N)Nc2ccccc2)cc1.I. The van der Waals surface area contributed by atoms with E-state index in [1.54, 1.807) is 0 Å². The summed E-state index contributed by atoms with van der Waals surface area (Å²) in [6, 6.07) is 17.8. The van der Waals surface area contributed by atoms with Gasteiger partial charge < -0.3 is 15.8 Å². The van der Waals surface area contributed by atoms with E-state index in [0.29, 0.717) is 19.1 Å². The van der Waals surface area contributed by atoms with Crippen molar-refractivity contribution < 1.29 is 4.74 Å². The molecule has 0 radical (unpaired) electrons. The first kappa shape index (κ1) is 18.3. The Bertz CT molecular complexity index is 570. The minimum atomic E-state index is 0. The van der Waals surface area contributed by atoms with Gasteiger partial charge in [-0.2, -0.15) is 0 Å². The van der Waals surface area contributed by atoms with Gasteiger partial charge in [-0.3, -0.25) is 4.99 Å². The fourth-order valence-electron chi connectivity index (χ4n) is 1.80. The average Bonchev–Trinajstić information content (AvgIpc) is 2.50. The molecule has 0 spiro atoms. The third-order valence-electron chi connectivity index (χ3n) is 2.92. The van der Waals surface area contributed by atoms with Crippen LogP contribution in [0.2, 0.25) is 0 Å². The summed E-state index contributed by atoms with van der Waals surface area (Å²) < 4.78 is 5.63. The lowest BCUT2D eigenvalue weighted by Crippen LogP contribution is -2.23. The van der Waals surface area contributed by atoms with Crippen LogP contribution in [0.1, 0.15) is 12.0 Å². The molecule has 118 valence electrons. The normalized spacial score (nSPS) is 10.7. The van der Waals surface area contributed by atoms with Crippen LogP contribution in [0.5, 0.6) is 5.75 Å². The molecule has 0 aliphatic carbocycles. The molecule has 0 amide bonds. The zero-order chi connectivity index (χ0) is 14.9. The van der Waals surface area contributed by atoms with E-state index in [0.717, 1.165) is 17.9 Å². The fourth-order valence-corrected chi connectivity index (χ4v) is 1.80. The topological polar surface area (TPSA) is 59.6 Å². The van der Waals surface area contributed by atoms with Crippen molar-refractivity contribution in [2.45, 2.75) is 13.3 Å². The first-order chi connectivity index (χ1) is 10.2. The molecule has 3 N–H and O–H groups in total. The summed E-state index contributed by atoms with van der Waals surface area (Å²) in [6.07, 6.45) is 0.824. The van der Waals surface area contributed by atoms with Crippen molar-refractivity contribution >= 4 is 35.6 Å². The smallest absolute Gasteiger partial charge is 0.193 e. The highest BCUT2D eigenvalue weighted by molar-refractivity contribution is 14.0. The Labute approximate surface area is 148 Å². The lowest BCUT2D eigenvalue weighted by atomic mass is 10.2. The summed E-state index contributed by atoms with van der Waals surface area (Å²) in [5.74, 6) is 1.32. The second kappa shape index (κ2) is 10.0. The predicted molar refractivity (Wildman–Crippen MR) is 103 cm³/mol. The summed E-state index contributed by atoms with van der Waals surface area (Å²) in [4.78, 5) is 4.27. The van der Waals surface area contributed by atoms with Gasteiger partial charge in [0.1, 0.15) is 5.75 Å². The molecule has 0 unspecified atom stereocenters. The summed E-state index contributed by atoms with van der Waals surface area (Å²) in [5.41, 5.74) is 7.98. The number of para-hydroxylation sites is 1. The molecule has 0 atom stereocenters. The van der Waals surface area contributed by atoms with Crippen LogP contribution >= 0.6 is 24.0 Å². The Hall–Kier alpha value is -1.76. The number of nitrogens with two attached hydrogens (primary N) is 1. The van der Waals surface area contributed by atoms with Gasteiger partial charge >= 0.3 is 0 Å². The first-order valence-electron chi connectivity index (χ1n) is 7.05. The fraction of sp³-hybridized carbons (Fsp3) is 0.235. The number of hydrogen-bond acceptors (Lipinski definition) is 2. The number of hydrogen-bond donors (Lipinski definition) is 2. The van der Waals surface area contributed by atoms with Gasteiger partial charge in [0, 0.05) is 18.7 Å². The maximum atomic E-state index is 5.81. The molecule has 0 saturated carbocycles. The van der Waals surface area contributed by atoms with Crippen LogP contribution < -0.4 is 15.8 Å². The predicted octanol–water partition coefficient (Wildman–Crippen LogP) is 3.81. The zero-order valence-electron chi connectivity index (χ0n) is 12.7. The van der Waals surface area contributed by atoms with E-state index in [1.165, 1.54) is 5.56 Å². The number of anilines is 1. The van der Waals surface area contributed by atoms with Gasteiger partial charge in [0.05, 0.1) is 6.61 Å². The Morgan fingerprint density at radius 1 is 1.09 bits per heavy atom. The number of rotatable bonds is 6. The van der Waals surface area contributed by atoms with Gasteiger partial charge in [0.25, 0.3) is 0 Å². The largest absolute Gasteiger partial charge is 0.494 e. The quantitative estimate of drug-likeness (QED) is 0.329. The Morgan fingerprint density at radius 3 is 2.45 bits per heavy atom. The molecule has 0 aliphatic rings. The van der Waals surface area contributed by atoms with Crippen molar-refractivity contribution in [1.82, 2.24) is 0 Å². The molecule has 0 heterocycles. The van der Waals surface area contributed by atoms with Crippen molar-refractivity contribution in [3.63, 3.8) is 0 Å². The van der Waals surface area contributed by atoms with Crippen LogP contribution in [0.4, 0.5) is 5.69 Å². The number of ether oxygens (including phenoxy) is 1. The van der Waals surface area contributed by atoms with Crippen LogP contribution in [0.25, 0.3) is 0 Å². The number of benzene rings is 2. The van der Waals surface area contributed by atoms with Crippen molar-refractivity contribution in [3.05, 3.63) is 60.2 Å². The van der Waals surface area contributed by atoms with Crippen molar-refractivity contribution in [2.75, 3.05) is 18.5 Å². The van der Waals surface area contributed by atoms with E-state index in [9.17, 15) is 0 Å². The molecule has 22 heavy (non-hydrogen) atoms. The van der Waals surface area contributed by atoms with E-state index in [1.807, 2.05) is 54.6 Å². The lowest BCUT2D eigenvalue weighted by molar-refractivity contribution is 0.313. The van der Waals surface area contributed by atoms with Crippen LogP contribution in [0.3, 0.4) is 0 Å². The average molecular weight is 411 g/mol. The Kier molecular flexibility index (Phi) is 8.35. The number of aliphatic imine (C=N–C) groups is 1. The number of nitrogens with one attached hydrogen (secondary N) is 1. The number of nitrogens with zero attached hydrogens (tertiary/aromatic N) is 1. The molecule has 5 heteroatoms. The second-order valence-electron chi connectivity index (χ2n) is 4.77. The standard InChI is InChI=1S/C17H21N3O.HI/c1-14-8-10-16(11-9-14)21-13-5-12-19-17(18)20-15-6-3-2-4-7-15;/h2-4,6-11H,5,12-13H2,1H3,(H3,18,19,20);1H. The summed E-state index contributed by atoms with van der Waals surface area (Å²) in [5, 5.41) is 3.04. The number of halogens is 1. The van der Waals surface area contributed by atoms with Crippen LogP contribution in [0.15, 0.2) is 59.6 Å². The summed E-state index contributed by atoms with van der Waals surface area (Å²) in [6.45, 7) is 3.32. The van der Waals surface area contributed by atoms with E-state index in [-0.39, 0.29) is 24.0 Å². The third-order valence-corrected chi connectivity index (χ3v) is 2.92. The highest BCUT2D eigenvalue weighted by atomic mass is 127. The highest BCUT2D eigenvalue weighted by Gasteiger charge is 1.95. The monoisotopic (exact) mass is 411 g/mol. The van der Waals surface area contributed by atoms with Crippen LogP contribution in [-0.4, -0.2) is 19.1 Å². The molecule has 0 saturated heterocycles. The highest BCUT2D eigenvalue weighted by Crippen LogP contribution is 2.11. The first-order valence-corrected chi connectivity index (χ1v) is 7.05. The molecule has 0 fully saturated rings. The molecule has 2 aromatic rings. The van der Waals surface area contributed by atoms with Gasteiger partial charge in [-0.15, -0.1) is 24.0 Å². The van der Waals surface area contributed by atoms with Crippen molar-refractivity contribution in [1.29, 1.82) is 0 Å². The van der Waals surface area contributed by atoms with Gasteiger partial charge in [0.2, 0.25) is 0 Å². The van der Waals surface area contributed by atoms with Crippen molar-refractivity contribution in [2.24, 2.45) is 10.7 Å². The van der Waals surface area contributed by atoms with Gasteiger partial charge in [-0.1, -0.05) is 35.9 Å². The zero-order valence-corrected chi connectivity index (χ0v) is 15.0. The van der Waals surface area contributed by atoms with E-state index in [4.69, 9.17) is 10.5 Å². The molecular formula is C17H22IN3O. The summed E-state index contributed by atoms with van der Waals surface area (Å²) in [7, 11) is 0. The van der Waals surface area contributed by atoms with Gasteiger partial charge in [-0.25, -0.2) is 0 Å². The Balaban J connectivity index is 0.00000242. The minimum Gasteiger partial charge on any atom is -0.494 e. The van der Waals surface area contributed by atoms with Crippen LogP contribution in [0, 0.1) is 6.92 Å². The molecule has 0 aromatic heterocycles. The summed E-state index contributed by atoms with van der Waals surface area (Å²) >= 11 is 0. The molecule has 0 aliphatic heterocycles. The molecule has 2 rings (SSSR count).